The second-order valence-electron chi connectivity index (χ2n) is 3.76. The lowest BCUT2D eigenvalue weighted by molar-refractivity contribution is -0.179. The Morgan fingerprint density at radius 1 is 1.38 bits per heavy atom. The van der Waals surface area contributed by atoms with E-state index in [0.29, 0.717) is 13.1 Å². The molecule has 1 aliphatic heterocycles. The monoisotopic (exact) mass is 314 g/mol. The van der Waals surface area contributed by atoms with E-state index in [1.165, 1.54) is 11.3 Å². The SMILES string of the molecule is FC(F)(F)C1CCN(c2nc(Br)cs2)CC1. The van der Waals surface area contributed by atoms with Crippen LogP contribution in [0.15, 0.2) is 9.98 Å². The quantitative estimate of drug-likeness (QED) is 0.786. The smallest absolute Gasteiger partial charge is 0.348 e. The molecule has 1 saturated heterocycles. The molecule has 0 bridgehead atoms. The minimum atomic E-state index is -4.05. The van der Waals surface area contributed by atoms with Gasteiger partial charge in [-0.25, -0.2) is 4.98 Å². The molecule has 0 unspecified atom stereocenters. The molecule has 2 heterocycles. The summed E-state index contributed by atoms with van der Waals surface area (Å²) < 4.78 is 38.0. The molecule has 16 heavy (non-hydrogen) atoms. The Hall–Kier alpha value is -0.300. The molecule has 90 valence electrons. The van der Waals surface area contributed by atoms with E-state index in [2.05, 4.69) is 20.9 Å². The summed E-state index contributed by atoms with van der Waals surface area (Å²) in [5, 5.41) is 2.64. The highest BCUT2D eigenvalue weighted by molar-refractivity contribution is 9.10. The Labute approximate surface area is 104 Å². The molecule has 1 aromatic heterocycles. The van der Waals surface area contributed by atoms with Gasteiger partial charge in [0, 0.05) is 18.5 Å². The van der Waals surface area contributed by atoms with Gasteiger partial charge in [0.15, 0.2) is 5.13 Å². The van der Waals surface area contributed by atoms with Crippen LogP contribution < -0.4 is 4.90 Å². The first-order valence-corrected chi connectivity index (χ1v) is 6.57. The van der Waals surface area contributed by atoms with Gasteiger partial charge in [-0.05, 0) is 28.8 Å². The van der Waals surface area contributed by atoms with Crippen molar-refractivity contribution in [1.82, 2.24) is 4.98 Å². The molecule has 1 aliphatic rings. The summed E-state index contributed by atoms with van der Waals surface area (Å²) in [5.74, 6) is -1.15. The van der Waals surface area contributed by atoms with Gasteiger partial charge in [0.2, 0.25) is 0 Å². The van der Waals surface area contributed by atoms with Gasteiger partial charge in [-0.15, -0.1) is 11.3 Å². The predicted octanol–water partition coefficient (Wildman–Crippen LogP) is 3.68. The molecule has 0 amide bonds. The normalized spacial score (nSPS) is 19.1. The largest absolute Gasteiger partial charge is 0.391 e. The first-order valence-electron chi connectivity index (χ1n) is 4.89. The fourth-order valence-electron chi connectivity index (χ4n) is 1.79. The van der Waals surface area contributed by atoms with Gasteiger partial charge >= 0.3 is 6.18 Å². The summed E-state index contributed by atoms with van der Waals surface area (Å²) in [6.45, 7) is 0.869. The van der Waals surface area contributed by atoms with Crippen LogP contribution in [-0.4, -0.2) is 24.2 Å². The second kappa shape index (κ2) is 4.52. The number of rotatable bonds is 1. The van der Waals surface area contributed by atoms with Crippen molar-refractivity contribution in [1.29, 1.82) is 0 Å². The highest BCUT2D eigenvalue weighted by Gasteiger charge is 2.41. The lowest BCUT2D eigenvalue weighted by Crippen LogP contribution is -2.38. The van der Waals surface area contributed by atoms with E-state index < -0.39 is 12.1 Å². The molecule has 0 saturated carbocycles. The zero-order valence-electron chi connectivity index (χ0n) is 8.30. The van der Waals surface area contributed by atoms with Gasteiger partial charge < -0.3 is 4.90 Å². The van der Waals surface area contributed by atoms with Crippen molar-refractivity contribution in [3.63, 3.8) is 0 Å². The van der Waals surface area contributed by atoms with Crippen LogP contribution in [-0.2, 0) is 0 Å². The molecule has 0 N–H and O–H groups in total. The molecule has 0 aromatic carbocycles. The third-order valence-corrected chi connectivity index (χ3v) is 4.30. The highest BCUT2D eigenvalue weighted by Crippen LogP contribution is 2.36. The van der Waals surface area contributed by atoms with Crippen LogP contribution in [0.5, 0.6) is 0 Å². The standard InChI is InChI=1S/C9H10BrF3N2S/c10-7-5-16-8(14-7)15-3-1-6(2-4-15)9(11,12)13/h5-6H,1-4H2. The summed E-state index contributed by atoms with van der Waals surface area (Å²) in [7, 11) is 0. The lowest BCUT2D eigenvalue weighted by atomic mass is 9.97. The van der Waals surface area contributed by atoms with E-state index in [4.69, 9.17) is 0 Å². The first kappa shape index (κ1) is 12.2. The van der Waals surface area contributed by atoms with Crippen LogP contribution in [0.4, 0.5) is 18.3 Å². The molecule has 2 rings (SSSR count). The molecule has 0 spiro atoms. The topological polar surface area (TPSA) is 16.1 Å². The van der Waals surface area contributed by atoms with Gasteiger partial charge in [0.1, 0.15) is 4.60 Å². The van der Waals surface area contributed by atoms with Crippen molar-refractivity contribution < 1.29 is 13.2 Å². The summed E-state index contributed by atoms with van der Waals surface area (Å²) in [6.07, 6.45) is -3.71. The molecule has 0 radical (unpaired) electrons. The molecule has 1 fully saturated rings. The molecule has 0 atom stereocenters. The minimum Gasteiger partial charge on any atom is -0.348 e. The maximum absolute atomic E-state index is 12.4. The van der Waals surface area contributed by atoms with Crippen LogP contribution >= 0.6 is 27.3 Å². The number of alkyl halides is 3. The average molecular weight is 315 g/mol. The predicted molar refractivity (Wildman–Crippen MR) is 60.8 cm³/mol. The van der Waals surface area contributed by atoms with E-state index >= 15 is 0 Å². The highest BCUT2D eigenvalue weighted by atomic mass is 79.9. The van der Waals surface area contributed by atoms with Gasteiger partial charge in [-0.3, -0.25) is 0 Å². The van der Waals surface area contributed by atoms with E-state index in [0.717, 1.165) is 9.73 Å². The third kappa shape index (κ3) is 2.68. The number of halogens is 4. The second-order valence-corrected chi connectivity index (χ2v) is 5.40. The molecule has 7 heteroatoms. The number of hydrogen-bond acceptors (Lipinski definition) is 3. The zero-order valence-corrected chi connectivity index (χ0v) is 10.7. The maximum Gasteiger partial charge on any atom is 0.391 e. The van der Waals surface area contributed by atoms with Crippen LogP contribution in [0.25, 0.3) is 0 Å². The fourth-order valence-corrected chi connectivity index (χ4v) is 3.09. The summed E-state index contributed by atoms with van der Waals surface area (Å²) in [4.78, 5) is 6.12. The minimum absolute atomic E-state index is 0.167. The van der Waals surface area contributed by atoms with Crippen molar-refractivity contribution in [2.24, 2.45) is 5.92 Å². The Balaban J connectivity index is 1.95. The summed E-state index contributed by atoms with van der Waals surface area (Å²) >= 11 is 4.69. The average Bonchev–Trinajstić information content (AvgIpc) is 2.64. The lowest BCUT2D eigenvalue weighted by Gasteiger charge is -2.32. The van der Waals surface area contributed by atoms with Gasteiger partial charge in [-0.1, -0.05) is 0 Å². The van der Waals surface area contributed by atoms with Crippen LogP contribution in [0.2, 0.25) is 0 Å². The fraction of sp³-hybridized carbons (Fsp3) is 0.667. The Kier molecular flexibility index (Phi) is 3.44. The summed E-state index contributed by atoms with van der Waals surface area (Å²) in [5.41, 5.74) is 0. The van der Waals surface area contributed by atoms with Crippen molar-refractivity contribution in [2.75, 3.05) is 18.0 Å². The van der Waals surface area contributed by atoms with Crippen molar-refractivity contribution in [2.45, 2.75) is 19.0 Å². The van der Waals surface area contributed by atoms with E-state index in [1.807, 2.05) is 10.3 Å². The molecule has 2 nitrogen and oxygen atoms in total. The van der Waals surface area contributed by atoms with Crippen molar-refractivity contribution in [3.05, 3.63) is 9.98 Å². The van der Waals surface area contributed by atoms with E-state index in [-0.39, 0.29) is 12.8 Å². The van der Waals surface area contributed by atoms with Crippen molar-refractivity contribution in [3.8, 4) is 0 Å². The Morgan fingerprint density at radius 3 is 2.44 bits per heavy atom. The molecule has 0 aliphatic carbocycles. The van der Waals surface area contributed by atoms with E-state index in [9.17, 15) is 13.2 Å². The number of anilines is 1. The zero-order chi connectivity index (χ0) is 11.8. The Morgan fingerprint density at radius 2 is 2.00 bits per heavy atom. The van der Waals surface area contributed by atoms with Crippen LogP contribution in [0.1, 0.15) is 12.8 Å². The molecular weight excluding hydrogens is 305 g/mol. The number of aromatic nitrogens is 1. The van der Waals surface area contributed by atoms with Crippen LogP contribution in [0.3, 0.4) is 0 Å². The number of hydrogen-bond donors (Lipinski definition) is 0. The first-order chi connectivity index (χ1) is 7.47. The number of piperidine rings is 1. The number of nitrogens with zero attached hydrogens (tertiary/aromatic N) is 2. The van der Waals surface area contributed by atoms with Gasteiger partial charge in [0.05, 0.1) is 5.92 Å². The third-order valence-electron chi connectivity index (χ3n) is 2.69. The van der Waals surface area contributed by atoms with Crippen LogP contribution in [0, 0.1) is 5.92 Å². The molecule has 1 aromatic rings. The summed E-state index contributed by atoms with van der Waals surface area (Å²) in [6, 6.07) is 0. The van der Waals surface area contributed by atoms with Gasteiger partial charge in [0.25, 0.3) is 0 Å². The van der Waals surface area contributed by atoms with E-state index in [1.54, 1.807) is 0 Å². The maximum atomic E-state index is 12.4. The number of thiazole rings is 1. The van der Waals surface area contributed by atoms with Crippen molar-refractivity contribution >= 4 is 32.4 Å². The van der Waals surface area contributed by atoms with Gasteiger partial charge in [-0.2, -0.15) is 13.2 Å². The Bertz CT molecular complexity index is 358. The molecular formula is C9H10BrF3N2S.